The third kappa shape index (κ3) is 3.01. The molecule has 0 amide bonds. The van der Waals surface area contributed by atoms with E-state index in [4.69, 9.17) is 15.9 Å². The maximum atomic E-state index is 7.56. The van der Waals surface area contributed by atoms with E-state index in [-0.39, 0.29) is 5.84 Å². The summed E-state index contributed by atoms with van der Waals surface area (Å²) in [6.45, 7) is 5.95. The maximum absolute atomic E-state index is 7.56. The van der Waals surface area contributed by atoms with Crippen LogP contribution in [-0.2, 0) is 0 Å². The van der Waals surface area contributed by atoms with Crippen LogP contribution in [-0.4, -0.2) is 37.0 Å². The minimum Gasteiger partial charge on any atom is -0.491 e. The summed E-state index contributed by atoms with van der Waals surface area (Å²) in [7, 11) is 0. The monoisotopic (exact) mass is 247 g/mol. The molecular weight excluding hydrogens is 226 g/mol. The molecule has 4 nitrogen and oxygen atoms in total. The Morgan fingerprint density at radius 1 is 1.39 bits per heavy atom. The number of nitrogens with zero attached hydrogens (tertiary/aromatic N) is 1. The lowest BCUT2D eigenvalue weighted by atomic mass is 10.1. The van der Waals surface area contributed by atoms with Gasteiger partial charge in [-0.15, -0.1) is 0 Å². The predicted molar refractivity (Wildman–Crippen MR) is 73.4 cm³/mol. The fourth-order valence-corrected chi connectivity index (χ4v) is 2.34. The van der Waals surface area contributed by atoms with Crippen molar-refractivity contribution in [1.82, 2.24) is 4.90 Å². The summed E-state index contributed by atoms with van der Waals surface area (Å²) in [5.74, 6) is 0.819. The lowest BCUT2D eigenvalue weighted by Gasteiger charge is -2.17. The number of nitrogen functional groups attached to an aromatic ring is 1. The van der Waals surface area contributed by atoms with Gasteiger partial charge in [0, 0.05) is 6.54 Å². The van der Waals surface area contributed by atoms with Gasteiger partial charge in [-0.05, 0) is 44.5 Å². The van der Waals surface area contributed by atoms with Gasteiger partial charge in [-0.1, -0.05) is 12.1 Å². The van der Waals surface area contributed by atoms with Crippen LogP contribution >= 0.6 is 0 Å². The van der Waals surface area contributed by atoms with Crippen molar-refractivity contribution in [3.8, 4) is 5.75 Å². The summed E-state index contributed by atoms with van der Waals surface area (Å²) in [4.78, 5) is 2.41. The molecule has 0 spiro atoms. The molecule has 0 bridgehead atoms. The number of rotatable bonds is 5. The molecule has 3 N–H and O–H groups in total. The number of likely N-dealkylation sites (tertiary alicyclic amines) is 1. The third-order valence-corrected chi connectivity index (χ3v) is 3.35. The molecule has 0 unspecified atom stereocenters. The first-order valence-electron chi connectivity index (χ1n) is 6.47. The second kappa shape index (κ2) is 5.87. The molecule has 1 fully saturated rings. The molecule has 2 rings (SSSR count). The van der Waals surface area contributed by atoms with Gasteiger partial charge < -0.3 is 10.5 Å². The zero-order chi connectivity index (χ0) is 13.0. The van der Waals surface area contributed by atoms with Crippen LogP contribution in [0.25, 0.3) is 0 Å². The number of hydrogen-bond acceptors (Lipinski definition) is 3. The van der Waals surface area contributed by atoms with Crippen molar-refractivity contribution in [1.29, 1.82) is 5.41 Å². The molecule has 0 aromatic heterocycles. The number of para-hydroxylation sites is 1. The molecule has 1 aromatic rings. The van der Waals surface area contributed by atoms with Crippen molar-refractivity contribution in [2.45, 2.75) is 19.8 Å². The molecule has 1 heterocycles. The van der Waals surface area contributed by atoms with Crippen LogP contribution in [0.5, 0.6) is 5.75 Å². The summed E-state index contributed by atoms with van der Waals surface area (Å²) < 4.78 is 5.83. The molecule has 18 heavy (non-hydrogen) atoms. The van der Waals surface area contributed by atoms with E-state index in [0.29, 0.717) is 12.2 Å². The van der Waals surface area contributed by atoms with Crippen molar-refractivity contribution >= 4 is 5.84 Å². The standard InChI is InChI=1S/C14H21N3O/c1-11-5-4-6-12(14(15)16)13(11)18-10-9-17-7-2-3-8-17/h4-6H,2-3,7-10H2,1H3,(H3,15,16). The highest BCUT2D eigenvalue weighted by atomic mass is 16.5. The van der Waals surface area contributed by atoms with E-state index in [2.05, 4.69) is 4.90 Å². The van der Waals surface area contributed by atoms with E-state index < -0.39 is 0 Å². The van der Waals surface area contributed by atoms with Crippen molar-refractivity contribution < 1.29 is 4.74 Å². The maximum Gasteiger partial charge on any atom is 0.133 e. The number of nitrogens with two attached hydrogens (primary N) is 1. The Kier molecular flexibility index (Phi) is 4.20. The second-order valence-electron chi connectivity index (χ2n) is 4.76. The zero-order valence-corrected chi connectivity index (χ0v) is 10.9. The van der Waals surface area contributed by atoms with Gasteiger partial charge in [0.25, 0.3) is 0 Å². The Bertz CT molecular complexity index is 425. The van der Waals surface area contributed by atoms with E-state index in [1.54, 1.807) is 0 Å². The Balaban J connectivity index is 1.97. The predicted octanol–water partition coefficient (Wildman–Crippen LogP) is 1.75. The molecule has 98 valence electrons. The van der Waals surface area contributed by atoms with E-state index in [1.165, 1.54) is 25.9 Å². The Morgan fingerprint density at radius 2 is 2.11 bits per heavy atom. The lowest BCUT2D eigenvalue weighted by Crippen LogP contribution is -2.25. The number of amidine groups is 1. The molecule has 0 atom stereocenters. The van der Waals surface area contributed by atoms with E-state index in [1.807, 2.05) is 25.1 Å². The summed E-state index contributed by atoms with van der Waals surface area (Å²) in [6.07, 6.45) is 2.59. The van der Waals surface area contributed by atoms with Crippen LogP contribution in [0.15, 0.2) is 18.2 Å². The van der Waals surface area contributed by atoms with Gasteiger partial charge in [0.15, 0.2) is 0 Å². The first-order valence-corrected chi connectivity index (χ1v) is 6.47. The largest absolute Gasteiger partial charge is 0.491 e. The first-order chi connectivity index (χ1) is 8.68. The summed E-state index contributed by atoms with van der Waals surface area (Å²) >= 11 is 0. The number of benzene rings is 1. The topological polar surface area (TPSA) is 62.3 Å². The van der Waals surface area contributed by atoms with Crippen molar-refractivity contribution in [2.24, 2.45) is 5.73 Å². The van der Waals surface area contributed by atoms with Gasteiger partial charge in [0.05, 0.1) is 5.56 Å². The highest BCUT2D eigenvalue weighted by Gasteiger charge is 2.13. The highest BCUT2D eigenvalue weighted by molar-refractivity contribution is 5.98. The fraction of sp³-hybridized carbons (Fsp3) is 0.500. The minimum absolute atomic E-state index is 0.0647. The Labute approximate surface area is 108 Å². The number of ether oxygens (including phenoxy) is 1. The van der Waals surface area contributed by atoms with Crippen LogP contribution in [0.2, 0.25) is 0 Å². The second-order valence-corrected chi connectivity index (χ2v) is 4.76. The van der Waals surface area contributed by atoms with Crippen molar-refractivity contribution in [2.75, 3.05) is 26.2 Å². The summed E-state index contributed by atoms with van der Waals surface area (Å²) in [6, 6.07) is 5.72. The van der Waals surface area contributed by atoms with Crippen LogP contribution < -0.4 is 10.5 Å². The number of aryl methyl sites for hydroxylation is 1. The lowest BCUT2D eigenvalue weighted by molar-refractivity contribution is 0.236. The van der Waals surface area contributed by atoms with Gasteiger partial charge in [-0.25, -0.2) is 0 Å². The highest BCUT2D eigenvalue weighted by Crippen LogP contribution is 2.23. The molecule has 1 saturated heterocycles. The van der Waals surface area contributed by atoms with Crippen LogP contribution in [0.4, 0.5) is 0 Å². The molecule has 1 aliphatic heterocycles. The van der Waals surface area contributed by atoms with Gasteiger partial charge in [0.2, 0.25) is 0 Å². The van der Waals surface area contributed by atoms with Crippen LogP contribution in [0, 0.1) is 12.3 Å². The summed E-state index contributed by atoms with van der Waals surface area (Å²) in [5, 5.41) is 7.56. The molecule has 1 aliphatic rings. The zero-order valence-electron chi connectivity index (χ0n) is 10.9. The van der Waals surface area contributed by atoms with Gasteiger partial charge in [-0.2, -0.15) is 0 Å². The Hall–Kier alpha value is -1.55. The van der Waals surface area contributed by atoms with Gasteiger partial charge in [-0.3, -0.25) is 10.3 Å². The van der Waals surface area contributed by atoms with Gasteiger partial charge in [0.1, 0.15) is 18.2 Å². The Morgan fingerprint density at radius 3 is 2.78 bits per heavy atom. The SMILES string of the molecule is Cc1cccc(C(=N)N)c1OCCN1CCCC1. The van der Waals surface area contributed by atoms with E-state index in [0.717, 1.165) is 17.9 Å². The average Bonchev–Trinajstić information content (AvgIpc) is 2.84. The minimum atomic E-state index is 0.0647. The number of hydrogen-bond donors (Lipinski definition) is 2. The van der Waals surface area contributed by atoms with E-state index in [9.17, 15) is 0 Å². The first kappa shape index (κ1) is 12.9. The molecular formula is C14H21N3O. The smallest absolute Gasteiger partial charge is 0.133 e. The van der Waals surface area contributed by atoms with Crippen LogP contribution in [0.1, 0.15) is 24.0 Å². The normalized spacial score (nSPS) is 15.8. The quantitative estimate of drug-likeness (QED) is 0.615. The molecule has 4 heteroatoms. The van der Waals surface area contributed by atoms with Gasteiger partial charge >= 0.3 is 0 Å². The fourth-order valence-electron chi connectivity index (χ4n) is 2.34. The summed E-state index contributed by atoms with van der Waals surface area (Å²) in [5.41, 5.74) is 7.29. The van der Waals surface area contributed by atoms with Crippen LogP contribution in [0.3, 0.4) is 0 Å². The van der Waals surface area contributed by atoms with Crippen molar-refractivity contribution in [3.05, 3.63) is 29.3 Å². The third-order valence-electron chi connectivity index (χ3n) is 3.35. The van der Waals surface area contributed by atoms with Crippen molar-refractivity contribution in [3.63, 3.8) is 0 Å². The molecule has 1 aromatic carbocycles. The number of nitrogens with one attached hydrogen (secondary N) is 1. The molecule has 0 saturated carbocycles. The average molecular weight is 247 g/mol. The molecule has 0 aliphatic carbocycles. The molecule has 0 radical (unpaired) electrons. The van der Waals surface area contributed by atoms with E-state index >= 15 is 0 Å².